The van der Waals surface area contributed by atoms with Crippen LogP contribution in [0.3, 0.4) is 0 Å². The van der Waals surface area contributed by atoms with E-state index in [1.165, 1.54) is 0 Å². The lowest BCUT2D eigenvalue weighted by molar-refractivity contribution is 0.0952. The molecule has 0 aliphatic rings. The molecule has 0 unspecified atom stereocenters. The fraction of sp³-hybridized carbons (Fsp3) is 0.167. The smallest absolute Gasteiger partial charge is 0.253 e. The first kappa shape index (κ1) is 19.4. The molecule has 0 atom stereocenters. The largest absolute Gasteiger partial charge is 0.351 e. The van der Waals surface area contributed by atoms with E-state index >= 15 is 0 Å². The molecule has 29 heavy (non-hydrogen) atoms. The summed E-state index contributed by atoms with van der Waals surface area (Å²) in [5.74, 6) is -0.109. The van der Waals surface area contributed by atoms with Crippen molar-refractivity contribution in [2.24, 2.45) is 0 Å². The standard InChI is InChI=1S/C24H22ClN3O/c1-28(2)15-14-26-24(29)21-9-5-8-20-18-6-3-4-7-19(18)22(27-23(20)21)16-10-12-17(25)13-11-16/h3-13H,14-15H2,1-2H3,(H,26,29). The van der Waals surface area contributed by atoms with Crippen molar-refractivity contribution in [3.63, 3.8) is 0 Å². The molecule has 0 bridgehead atoms. The van der Waals surface area contributed by atoms with E-state index in [0.717, 1.165) is 34.0 Å². The van der Waals surface area contributed by atoms with Crippen LogP contribution < -0.4 is 5.32 Å². The van der Waals surface area contributed by atoms with Crippen LogP contribution >= 0.6 is 11.6 Å². The quantitative estimate of drug-likeness (QED) is 0.477. The molecule has 4 rings (SSSR count). The maximum Gasteiger partial charge on any atom is 0.253 e. The van der Waals surface area contributed by atoms with Gasteiger partial charge in [0.05, 0.1) is 16.8 Å². The number of carbonyl (C=O) groups is 1. The van der Waals surface area contributed by atoms with Gasteiger partial charge in [-0.2, -0.15) is 0 Å². The highest BCUT2D eigenvalue weighted by molar-refractivity contribution is 6.30. The molecule has 0 fully saturated rings. The van der Waals surface area contributed by atoms with Gasteiger partial charge in [-0.3, -0.25) is 4.79 Å². The Bertz CT molecular complexity index is 1190. The van der Waals surface area contributed by atoms with Gasteiger partial charge in [0.1, 0.15) is 0 Å². The molecule has 0 spiro atoms. The topological polar surface area (TPSA) is 45.2 Å². The monoisotopic (exact) mass is 403 g/mol. The van der Waals surface area contributed by atoms with Gasteiger partial charge in [-0.15, -0.1) is 0 Å². The van der Waals surface area contributed by atoms with Crippen molar-refractivity contribution in [2.45, 2.75) is 0 Å². The second-order valence-electron chi connectivity index (χ2n) is 7.27. The minimum atomic E-state index is -0.109. The van der Waals surface area contributed by atoms with Crippen LogP contribution in [0.2, 0.25) is 5.02 Å². The Morgan fingerprint density at radius 2 is 1.62 bits per heavy atom. The van der Waals surface area contributed by atoms with Gasteiger partial charge in [-0.25, -0.2) is 4.98 Å². The SMILES string of the molecule is CN(C)CCNC(=O)c1cccc2c1nc(-c1ccc(Cl)cc1)c1ccccc12. The lowest BCUT2D eigenvalue weighted by Gasteiger charge is -2.14. The Kier molecular flexibility index (Phi) is 5.47. The number of amides is 1. The van der Waals surface area contributed by atoms with Crippen LogP contribution in [0.15, 0.2) is 66.7 Å². The maximum absolute atomic E-state index is 12.9. The third kappa shape index (κ3) is 3.95. The van der Waals surface area contributed by atoms with E-state index in [4.69, 9.17) is 16.6 Å². The summed E-state index contributed by atoms with van der Waals surface area (Å²) in [6.07, 6.45) is 0. The van der Waals surface area contributed by atoms with E-state index in [2.05, 4.69) is 17.4 Å². The van der Waals surface area contributed by atoms with Gasteiger partial charge in [0.2, 0.25) is 0 Å². The van der Waals surface area contributed by atoms with Crippen molar-refractivity contribution in [3.05, 3.63) is 77.3 Å². The lowest BCUT2D eigenvalue weighted by atomic mass is 9.98. The fourth-order valence-electron chi connectivity index (χ4n) is 3.48. The van der Waals surface area contributed by atoms with Gasteiger partial charge >= 0.3 is 0 Å². The van der Waals surface area contributed by atoms with Crippen molar-refractivity contribution in [1.29, 1.82) is 0 Å². The van der Waals surface area contributed by atoms with Gasteiger partial charge in [-0.05, 0) is 37.7 Å². The van der Waals surface area contributed by atoms with Crippen molar-refractivity contribution in [2.75, 3.05) is 27.2 Å². The minimum Gasteiger partial charge on any atom is -0.351 e. The summed E-state index contributed by atoms with van der Waals surface area (Å²) in [6.45, 7) is 1.36. The van der Waals surface area contributed by atoms with Crippen LogP contribution in [0.1, 0.15) is 10.4 Å². The third-order valence-electron chi connectivity index (χ3n) is 4.94. The molecule has 0 aliphatic carbocycles. The molecule has 3 aromatic carbocycles. The van der Waals surface area contributed by atoms with Gasteiger partial charge in [0, 0.05) is 34.4 Å². The second-order valence-corrected chi connectivity index (χ2v) is 7.71. The minimum absolute atomic E-state index is 0.109. The Labute approximate surface area is 175 Å². The number of carbonyl (C=O) groups excluding carboxylic acids is 1. The van der Waals surface area contributed by atoms with Crippen LogP contribution in [0.25, 0.3) is 32.9 Å². The van der Waals surface area contributed by atoms with Crippen LogP contribution in [0.4, 0.5) is 0 Å². The van der Waals surface area contributed by atoms with E-state index in [1.807, 2.05) is 73.6 Å². The highest BCUT2D eigenvalue weighted by atomic mass is 35.5. The predicted octanol–water partition coefficient (Wildman–Crippen LogP) is 5.00. The summed E-state index contributed by atoms with van der Waals surface area (Å²) < 4.78 is 0. The summed E-state index contributed by atoms with van der Waals surface area (Å²) in [6, 6.07) is 21.6. The first-order chi connectivity index (χ1) is 14.0. The Morgan fingerprint density at radius 1 is 0.931 bits per heavy atom. The van der Waals surface area contributed by atoms with Crippen LogP contribution in [0.5, 0.6) is 0 Å². The summed E-state index contributed by atoms with van der Waals surface area (Å²) in [5.41, 5.74) is 3.11. The molecule has 1 heterocycles. The predicted molar refractivity (Wildman–Crippen MR) is 121 cm³/mol. The van der Waals surface area contributed by atoms with Gasteiger partial charge in [0.15, 0.2) is 0 Å². The second kappa shape index (κ2) is 8.19. The summed E-state index contributed by atoms with van der Waals surface area (Å²) >= 11 is 6.07. The van der Waals surface area contributed by atoms with Crippen LogP contribution in [0, 0.1) is 0 Å². The van der Waals surface area contributed by atoms with Gasteiger partial charge in [-0.1, -0.05) is 60.1 Å². The van der Waals surface area contributed by atoms with Crippen LogP contribution in [-0.4, -0.2) is 43.0 Å². The van der Waals surface area contributed by atoms with E-state index in [-0.39, 0.29) is 5.91 Å². The molecule has 0 radical (unpaired) electrons. The number of nitrogens with one attached hydrogen (secondary N) is 1. The zero-order valence-electron chi connectivity index (χ0n) is 16.4. The molecule has 1 amide bonds. The number of nitrogens with zero attached hydrogens (tertiary/aromatic N) is 2. The average Bonchev–Trinajstić information content (AvgIpc) is 2.73. The van der Waals surface area contributed by atoms with E-state index in [9.17, 15) is 4.79 Å². The number of halogens is 1. The Hall–Kier alpha value is -2.95. The number of benzene rings is 3. The first-order valence-electron chi connectivity index (χ1n) is 9.55. The van der Waals surface area contributed by atoms with Crippen molar-refractivity contribution in [3.8, 4) is 11.3 Å². The summed E-state index contributed by atoms with van der Waals surface area (Å²) in [7, 11) is 3.96. The molecular formula is C24H22ClN3O. The first-order valence-corrected chi connectivity index (χ1v) is 9.93. The summed E-state index contributed by atoms with van der Waals surface area (Å²) in [5, 5.41) is 6.77. The highest BCUT2D eigenvalue weighted by Crippen LogP contribution is 2.33. The highest BCUT2D eigenvalue weighted by Gasteiger charge is 2.16. The number of hydrogen-bond acceptors (Lipinski definition) is 3. The molecule has 1 N–H and O–H groups in total. The Morgan fingerprint density at radius 3 is 2.34 bits per heavy atom. The normalized spacial score (nSPS) is 11.3. The Balaban J connectivity index is 1.89. The van der Waals surface area contributed by atoms with E-state index < -0.39 is 0 Å². The number of aromatic nitrogens is 1. The van der Waals surface area contributed by atoms with Gasteiger partial charge in [0.25, 0.3) is 5.91 Å². The van der Waals surface area contributed by atoms with Crippen molar-refractivity contribution in [1.82, 2.24) is 15.2 Å². The number of para-hydroxylation sites is 1. The van der Waals surface area contributed by atoms with Crippen LogP contribution in [-0.2, 0) is 0 Å². The number of pyridine rings is 1. The molecule has 0 saturated carbocycles. The fourth-order valence-corrected chi connectivity index (χ4v) is 3.60. The zero-order chi connectivity index (χ0) is 20.4. The van der Waals surface area contributed by atoms with Gasteiger partial charge < -0.3 is 10.2 Å². The number of hydrogen-bond donors (Lipinski definition) is 1. The summed E-state index contributed by atoms with van der Waals surface area (Å²) in [4.78, 5) is 19.9. The number of likely N-dealkylation sites (N-methyl/N-ethyl adjacent to an activating group) is 1. The lowest BCUT2D eigenvalue weighted by Crippen LogP contribution is -2.31. The van der Waals surface area contributed by atoms with Crippen molar-refractivity contribution >= 4 is 39.2 Å². The maximum atomic E-state index is 12.9. The molecule has 146 valence electrons. The molecule has 4 nitrogen and oxygen atoms in total. The van der Waals surface area contributed by atoms with E-state index in [0.29, 0.717) is 22.6 Å². The molecule has 4 aromatic rings. The number of fused-ring (bicyclic) bond motifs is 3. The third-order valence-corrected chi connectivity index (χ3v) is 5.19. The zero-order valence-corrected chi connectivity index (χ0v) is 17.2. The molecule has 5 heteroatoms. The average molecular weight is 404 g/mol. The van der Waals surface area contributed by atoms with Crippen molar-refractivity contribution < 1.29 is 4.79 Å². The molecule has 0 aliphatic heterocycles. The molecule has 0 saturated heterocycles. The van der Waals surface area contributed by atoms with E-state index in [1.54, 1.807) is 0 Å². The molecular weight excluding hydrogens is 382 g/mol. The number of rotatable bonds is 5. The molecule has 1 aromatic heterocycles.